The van der Waals surface area contributed by atoms with Crippen LogP contribution in [0.2, 0.25) is 0 Å². The molecule has 0 aliphatic carbocycles. The topological polar surface area (TPSA) is 59.5 Å². The summed E-state index contributed by atoms with van der Waals surface area (Å²) in [5.74, 6) is 1.18. The minimum Gasteiger partial charge on any atom is -0.466 e. The van der Waals surface area contributed by atoms with E-state index in [9.17, 15) is 4.79 Å². The first-order valence-electron chi connectivity index (χ1n) is 8.44. The van der Waals surface area contributed by atoms with Gasteiger partial charge in [-0.1, -0.05) is 18.2 Å². The van der Waals surface area contributed by atoms with Gasteiger partial charge in [-0.05, 0) is 50.6 Å². The minimum atomic E-state index is -0.171. The second-order valence-electron chi connectivity index (χ2n) is 6.41. The van der Waals surface area contributed by atoms with Gasteiger partial charge in [0.2, 0.25) is 0 Å². The monoisotopic (exact) mass is 345 g/mol. The number of fused-ring (bicyclic) bond motifs is 1. The highest BCUT2D eigenvalue weighted by atomic mass is 16.3. The molecule has 0 spiro atoms. The number of nitrogens with zero attached hydrogens (tertiary/aromatic N) is 2. The summed E-state index contributed by atoms with van der Waals surface area (Å²) in [6.07, 6.45) is 4.00. The molecule has 5 heteroatoms. The molecule has 0 saturated heterocycles. The number of carbonyl (C=O) groups is 1. The van der Waals surface area contributed by atoms with Gasteiger partial charge in [0, 0.05) is 23.6 Å². The van der Waals surface area contributed by atoms with Crippen molar-refractivity contribution in [3.05, 3.63) is 77.5 Å². The number of anilines is 1. The molecule has 0 atom stereocenters. The van der Waals surface area contributed by atoms with Crippen molar-refractivity contribution < 1.29 is 9.21 Å². The molecule has 0 unspecified atom stereocenters. The van der Waals surface area contributed by atoms with E-state index in [1.807, 2.05) is 67.0 Å². The van der Waals surface area contributed by atoms with Crippen LogP contribution in [0.25, 0.3) is 16.9 Å². The second-order valence-corrected chi connectivity index (χ2v) is 6.41. The number of hydrogen-bond donors (Lipinski definition) is 1. The molecule has 3 heterocycles. The van der Waals surface area contributed by atoms with Crippen LogP contribution in [0.4, 0.5) is 5.69 Å². The maximum Gasteiger partial charge on any atom is 0.259 e. The first kappa shape index (κ1) is 16.1. The highest BCUT2D eigenvalue weighted by molar-refractivity contribution is 6.05. The van der Waals surface area contributed by atoms with Crippen LogP contribution in [0, 0.1) is 20.8 Å². The fourth-order valence-electron chi connectivity index (χ4n) is 3.07. The lowest BCUT2D eigenvalue weighted by atomic mass is 10.1. The highest BCUT2D eigenvalue weighted by Gasteiger charge is 2.14. The van der Waals surface area contributed by atoms with E-state index in [2.05, 4.69) is 5.32 Å². The third kappa shape index (κ3) is 2.88. The van der Waals surface area contributed by atoms with E-state index in [-0.39, 0.29) is 5.91 Å². The molecule has 4 rings (SSSR count). The zero-order valence-corrected chi connectivity index (χ0v) is 14.9. The van der Waals surface area contributed by atoms with Crippen LogP contribution in [-0.2, 0) is 0 Å². The predicted octanol–water partition coefficient (Wildman–Crippen LogP) is 4.77. The Balaban J connectivity index is 1.57. The number of benzene rings is 1. The van der Waals surface area contributed by atoms with Gasteiger partial charge in [0.1, 0.15) is 17.2 Å². The number of aryl methyl sites for hydroxylation is 3. The van der Waals surface area contributed by atoms with Crippen LogP contribution in [0.15, 0.2) is 59.3 Å². The van der Waals surface area contributed by atoms with E-state index >= 15 is 0 Å². The van der Waals surface area contributed by atoms with Crippen LogP contribution >= 0.6 is 0 Å². The van der Waals surface area contributed by atoms with Crippen molar-refractivity contribution in [2.45, 2.75) is 20.8 Å². The van der Waals surface area contributed by atoms with Crippen molar-refractivity contribution >= 4 is 17.2 Å². The van der Waals surface area contributed by atoms with Gasteiger partial charge in [-0.2, -0.15) is 0 Å². The molecule has 26 heavy (non-hydrogen) atoms. The standard InChI is InChI=1S/C21H19N3O2/c1-13-5-4-10-24-12-19(23-20(13)24)16-6-8-17(9-7-16)22-21(25)18-11-14(2)26-15(18)3/h4-12H,1-3H3,(H,22,25). The smallest absolute Gasteiger partial charge is 0.259 e. The summed E-state index contributed by atoms with van der Waals surface area (Å²) < 4.78 is 7.44. The quantitative estimate of drug-likeness (QED) is 0.582. The van der Waals surface area contributed by atoms with Crippen LogP contribution in [0.5, 0.6) is 0 Å². The summed E-state index contributed by atoms with van der Waals surface area (Å²) in [5.41, 5.74) is 5.28. The zero-order chi connectivity index (χ0) is 18.3. The Morgan fingerprint density at radius 1 is 1.12 bits per heavy atom. The van der Waals surface area contributed by atoms with Crippen molar-refractivity contribution in [2.75, 3.05) is 5.32 Å². The average molecular weight is 345 g/mol. The third-order valence-corrected chi connectivity index (χ3v) is 4.40. The molecule has 0 saturated carbocycles. The van der Waals surface area contributed by atoms with Gasteiger partial charge < -0.3 is 14.1 Å². The summed E-state index contributed by atoms with van der Waals surface area (Å²) in [6.45, 7) is 5.66. The van der Waals surface area contributed by atoms with Gasteiger partial charge in [-0.25, -0.2) is 4.98 Å². The van der Waals surface area contributed by atoms with E-state index in [4.69, 9.17) is 9.40 Å². The van der Waals surface area contributed by atoms with Gasteiger partial charge in [0.25, 0.3) is 5.91 Å². The molecule has 5 nitrogen and oxygen atoms in total. The lowest BCUT2D eigenvalue weighted by Gasteiger charge is -2.05. The number of rotatable bonds is 3. The van der Waals surface area contributed by atoms with Crippen LogP contribution in [-0.4, -0.2) is 15.3 Å². The number of hydrogen-bond acceptors (Lipinski definition) is 3. The van der Waals surface area contributed by atoms with E-state index < -0.39 is 0 Å². The molecule has 1 N–H and O–H groups in total. The number of imidazole rings is 1. The first-order chi connectivity index (χ1) is 12.5. The molecule has 3 aromatic heterocycles. The van der Waals surface area contributed by atoms with E-state index in [1.165, 1.54) is 0 Å². The summed E-state index contributed by atoms with van der Waals surface area (Å²) in [6, 6.07) is 13.5. The number of aromatic nitrogens is 2. The van der Waals surface area contributed by atoms with Crippen molar-refractivity contribution in [3.63, 3.8) is 0 Å². The Morgan fingerprint density at radius 3 is 2.54 bits per heavy atom. The third-order valence-electron chi connectivity index (χ3n) is 4.40. The Morgan fingerprint density at radius 2 is 1.88 bits per heavy atom. The molecule has 0 aliphatic heterocycles. The van der Waals surface area contributed by atoms with Gasteiger partial charge in [0.05, 0.1) is 11.3 Å². The minimum absolute atomic E-state index is 0.171. The fraction of sp³-hybridized carbons (Fsp3) is 0.143. The maximum atomic E-state index is 12.4. The van der Waals surface area contributed by atoms with Crippen molar-refractivity contribution in [1.29, 1.82) is 0 Å². The molecule has 0 radical (unpaired) electrons. The second kappa shape index (κ2) is 6.19. The summed E-state index contributed by atoms with van der Waals surface area (Å²) in [7, 11) is 0. The van der Waals surface area contributed by atoms with Gasteiger partial charge in [0.15, 0.2) is 0 Å². The zero-order valence-electron chi connectivity index (χ0n) is 14.9. The molecule has 4 aromatic rings. The molecular formula is C21H19N3O2. The van der Waals surface area contributed by atoms with Crippen LogP contribution < -0.4 is 5.32 Å². The van der Waals surface area contributed by atoms with E-state index in [0.29, 0.717) is 11.3 Å². The molecule has 0 aliphatic rings. The Labute approximate surface area is 151 Å². The Bertz CT molecular complexity index is 1100. The van der Waals surface area contributed by atoms with Crippen LogP contribution in [0.3, 0.4) is 0 Å². The molecule has 0 fully saturated rings. The number of amides is 1. The predicted molar refractivity (Wildman–Crippen MR) is 102 cm³/mol. The molecule has 1 aromatic carbocycles. The molecular weight excluding hydrogens is 326 g/mol. The van der Waals surface area contributed by atoms with Gasteiger partial charge >= 0.3 is 0 Å². The highest BCUT2D eigenvalue weighted by Crippen LogP contribution is 2.23. The largest absolute Gasteiger partial charge is 0.466 e. The fourth-order valence-corrected chi connectivity index (χ4v) is 3.07. The normalized spacial score (nSPS) is 11.0. The number of carbonyl (C=O) groups excluding carboxylic acids is 1. The lowest BCUT2D eigenvalue weighted by Crippen LogP contribution is -2.11. The summed E-state index contributed by atoms with van der Waals surface area (Å²) in [5, 5.41) is 2.90. The molecule has 130 valence electrons. The average Bonchev–Trinajstić information content (AvgIpc) is 3.19. The molecule has 0 bridgehead atoms. The molecule has 1 amide bonds. The Kier molecular flexibility index (Phi) is 3.84. The number of pyridine rings is 1. The van der Waals surface area contributed by atoms with Crippen LogP contribution in [0.1, 0.15) is 27.4 Å². The first-order valence-corrected chi connectivity index (χ1v) is 8.44. The van der Waals surface area contributed by atoms with E-state index in [0.717, 1.165) is 33.9 Å². The summed E-state index contributed by atoms with van der Waals surface area (Å²) >= 11 is 0. The van der Waals surface area contributed by atoms with E-state index in [1.54, 1.807) is 13.0 Å². The maximum absolute atomic E-state index is 12.4. The summed E-state index contributed by atoms with van der Waals surface area (Å²) in [4.78, 5) is 17.1. The SMILES string of the molecule is Cc1cc(C(=O)Nc2ccc(-c3cn4cccc(C)c4n3)cc2)c(C)o1. The van der Waals surface area contributed by atoms with Gasteiger partial charge in [-0.15, -0.1) is 0 Å². The number of nitrogens with one attached hydrogen (secondary N) is 1. The van der Waals surface area contributed by atoms with Crippen molar-refractivity contribution in [3.8, 4) is 11.3 Å². The van der Waals surface area contributed by atoms with Crippen molar-refractivity contribution in [1.82, 2.24) is 9.38 Å². The van der Waals surface area contributed by atoms with Crippen molar-refractivity contribution in [2.24, 2.45) is 0 Å². The van der Waals surface area contributed by atoms with Gasteiger partial charge in [-0.3, -0.25) is 4.79 Å². The Hall–Kier alpha value is -3.34. The lowest BCUT2D eigenvalue weighted by molar-refractivity contribution is 0.102. The number of furan rings is 1.